The van der Waals surface area contributed by atoms with E-state index in [9.17, 15) is 0 Å². The molecule has 3 nitrogen and oxygen atoms in total. The molecule has 0 bridgehead atoms. The molecule has 82 valence electrons. The van der Waals surface area contributed by atoms with Crippen molar-refractivity contribution < 1.29 is 4.42 Å². The highest BCUT2D eigenvalue weighted by atomic mass is 32.1. The number of rotatable bonds is 3. The van der Waals surface area contributed by atoms with Crippen molar-refractivity contribution in [2.24, 2.45) is 0 Å². The van der Waals surface area contributed by atoms with Gasteiger partial charge in [0.1, 0.15) is 5.76 Å². The van der Waals surface area contributed by atoms with Gasteiger partial charge in [-0.2, -0.15) is 5.26 Å². The number of furan rings is 1. The van der Waals surface area contributed by atoms with Gasteiger partial charge < -0.3 is 4.42 Å². The zero-order chi connectivity index (χ0) is 11.5. The largest absolute Gasteiger partial charge is 0.459 e. The molecule has 0 amide bonds. The van der Waals surface area contributed by atoms with E-state index in [1.54, 1.807) is 0 Å². The van der Waals surface area contributed by atoms with Gasteiger partial charge in [0, 0.05) is 5.38 Å². The van der Waals surface area contributed by atoms with Crippen LogP contribution in [0.3, 0.4) is 0 Å². The topological polar surface area (TPSA) is 49.8 Å². The summed E-state index contributed by atoms with van der Waals surface area (Å²) in [4.78, 5) is 4.44. The van der Waals surface area contributed by atoms with Crippen LogP contribution in [-0.4, -0.2) is 4.98 Å². The Morgan fingerprint density at radius 1 is 1.56 bits per heavy atom. The average molecular weight is 232 g/mol. The lowest BCUT2D eigenvalue weighted by atomic mass is 10.1. The Hall–Kier alpha value is -1.60. The van der Waals surface area contributed by atoms with E-state index in [0.29, 0.717) is 0 Å². The lowest BCUT2D eigenvalue weighted by Gasteiger charge is -1.99. The fraction of sp³-hybridized carbons (Fsp3) is 0.333. The van der Waals surface area contributed by atoms with Gasteiger partial charge in [-0.05, 0) is 25.5 Å². The van der Waals surface area contributed by atoms with Gasteiger partial charge in [0.25, 0.3) is 0 Å². The van der Waals surface area contributed by atoms with Crippen LogP contribution in [0.4, 0.5) is 0 Å². The van der Waals surface area contributed by atoms with E-state index in [1.165, 1.54) is 11.3 Å². The molecule has 1 atom stereocenters. The zero-order valence-corrected chi connectivity index (χ0v) is 10.0. The monoisotopic (exact) mass is 232 g/mol. The number of thiazole rings is 1. The third-order valence-electron chi connectivity index (χ3n) is 2.39. The van der Waals surface area contributed by atoms with Crippen LogP contribution in [0, 0.1) is 18.3 Å². The van der Waals surface area contributed by atoms with E-state index in [1.807, 2.05) is 31.4 Å². The van der Waals surface area contributed by atoms with Gasteiger partial charge in [-0.3, -0.25) is 0 Å². The van der Waals surface area contributed by atoms with Gasteiger partial charge in [-0.25, -0.2) is 4.98 Å². The van der Waals surface area contributed by atoms with E-state index >= 15 is 0 Å². The maximum atomic E-state index is 8.95. The maximum Gasteiger partial charge on any atom is 0.162 e. The Bertz CT molecular complexity index is 521. The maximum absolute atomic E-state index is 8.95. The highest BCUT2D eigenvalue weighted by Gasteiger charge is 2.14. The van der Waals surface area contributed by atoms with Crippen LogP contribution in [0.5, 0.6) is 0 Å². The Kier molecular flexibility index (Phi) is 3.07. The quantitative estimate of drug-likeness (QED) is 0.810. The third-order valence-corrected chi connectivity index (χ3v) is 3.27. The average Bonchev–Trinajstić information content (AvgIpc) is 2.89. The molecule has 0 aliphatic rings. The van der Waals surface area contributed by atoms with E-state index in [2.05, 4.69) is 11.1 Å². The second-order valence-corrected chi connectivity index (χ2v) is 4.44. The molecule has 0 saturated carbocycles. The lowest BCUT2D eigenvalue weighted by molar-refractivity contribution is 0.547. The highest BCUT2D eigenvalue weighted by molar-refractivity contribution is 7.13. The van der Waals surface area contributed by atoms with Crippen LogP contribution >= 0.6 is 11.3 Å². The zero-order valence-electron chi connectivity index (χ0n) is 9.23. The first-order chi connectivity index (χ1) is 7.74. The summed E-state index contributed by atoms with van der Waals surface area (Å²) < 4.78 is 5.49. The fourth-order valence-electron chi connectivity index (χ4n) is 1.48. The molecule has 0 aliphatic heterocycles. The van der Waals surface area contributed by atoms with E-state index in [-0.39, 0.29) is 5.92 Å². The van der Waals surface area contributed by atoms with Gasteiger partial charge in [-0.15, -0.1) is 11.3 Å². The number of aryl methyl sites for hydroxylation is 1. The van der Waals surface area contributed by atoms with E-state index in [4.69, 9.17) is 9.68 Å². The molecular weight excluding hydrogens is 220 g/mol. The van der Waals surface area contributed by atoms with Gasteiger partial charge >= 0.3 is 0 Å². The molecule has 1 unspecified atom stereocenters. The number of hydrogen-bond acceptors (Lipinski definition) is 4. The van der Waals surface area contributed by atoms with Crippen molar-refractivity contribution in [1.29, 1.82) is 5.26 Å². The first-order valence-electron chi connectivity index (χ1n) is 5.16. The molecule has 0 N–H and O–H groups in total. The normalized spacial score (nSPS) is 12.3. The van der Waals surface area contributed by atoms with Crippen molar-refractivity contribution in [1.82, 2.24) is 4.98 Å². The summed E-state index contributed by atoms with van der Waals surface area (Å²) in [6.07, 6.45) is 0.789. The summed E-state index contributed by atoms with van der Waals surface area (Å²) >= 11 is 1.52. The number of aromatic nitrogens is 1. The summed E-state index contributed by atoms with van der Waals surface area (Å²) in [6, 6.07) is 6.07. The lowest BCUT2D eigenvalue weighted by Crippen LogP contribution is -1.93. The second kappa shape index (κ2) is 4.50. The molecule has 0 spiro atoms. The minimum absolute atomic E-state index is 0.110. The molecule has 2 heterocycles. The van der Waals surface area contributed by atoms with Gasteiger partial charge in [0.15, 0.2) is 10.8 Å². The molecule has 0 fully saturated rings. The second-order valence-electron chi connectivity index (χ2n) is 3.58. The molecule has 2 aromatic heterocycles. The van der Waals surface area contributed by atoms with Crippen LogP contribution < -0.4 is 0 Å². The molecule has 16 heavy (non-hydrogen) atoms. The van der Waals surface area contributed by atoms with E-state index < -0.39 is 0 Å². The van der Waals surface area contributed by atoms with Crippen LogP contribution in [0.2, 0.25) is 0 Å². The summed E-state index contributed by atoms with van der Waals surface area (Å²) in [5.41, 5.74) is 0.846. The predicted octanol–water partition coefficient (Wildman–Crippen LogP) is 3.73. The van der Waals surface area contributed by atoms with Crippen molar-refractivity contribution in [3.63, 3.8) is 0 Å². The van der Waals surface area contributed by atoms with Crippen molar-refractivity contribution in [2.45, 2.75) is 26.2 Å². The SMILES string of the molecule is CCC(C#N)c1csc(-c2ccc(C)o2)n1. The first kappa shape index (κ1) is 10.9. The Balaban J connectivity index is 2.30. The highest BCUT2D eigenvalue weighted by Crippen LogP contribution is 2.29. The molecule has 0 aromatic carbocycles. The molecular formula is C12H12N2OS. The van der Waals surface area contributed by atoms with Gasteiger partial charge in [0.05, 0.1) is 17.7 Å². The van der Waals surface area contributed by atoms with Crippen molar-refractivity contribution in [3.8, 4) is 16.8 Å². The molecule has 0 aliphatic carbocycles. The van der Waals surface area contributed by atoms with Crippen LogP contribution in [0.1, 0.15) is 30.7 Å². The number of nitriles is 1. The Morgan fingerprint density at radius 2 is 2.38 bits per heavy atom. The van der Waals surface area contributed by atoms with Gasteiger partial charge in [-0.1, -0.05) is 6.92 Å². The number of hydrogen-bond donors (Lipinski definition) is 0. The molecule has 2 aromatic rings. The van der Waals surface area contributed by atoms with Gasteiger partial charge in [0.2, 0.25) is 0 Å². The van der Waals surface area contributed by atoms with Crippen LogP contribution in [0.25, 0.3) is 10.8 Å². The predicted molar refractivity (Wildman–Crippen MR) is 63.2 cm³/mol. The summed E-state index contributed by atoms with van der Waals surface area (Å²) in [5, 5.41) is 11.7. The smallest absolute Gasteiger partial charge is 0.162 e. The molecule has 2 rings (SSSR count). The fourth-order valence-corrected chi connectivity index (χ4v) is 2.31. The van der Waals surface area contributed by atoms with Crippen molar-refractivity contribution in [3.05, 3.63) is 29.0 Å². The summed E-state index contributed by atoms with van der Waals surface area (Å²) in [5.74, 6) is 1.54. The van der Waals surface area contributed by atoms with Crippen LogP contribution in [0.15, 0.2) is 21.9 Å². The third kappa shape index (κ3) is 2.00. The van der Waals surface area contributed by atoms with Crippen molar-refractivity contribution >= 4 is 11.3 Å². The molecule has 4 heteroatoms. The Labute approximate surface area is 98.4 Å². The standard InChI is InChI=1S/C12H12N2OS/c1-3-9(6-13)10-7-16-12(14-10)11-5-4-8(2)15-11/h4-5,7,9H,3H2,1-2H3. The summed E-state index contributed by atoms with van der Waals surface area (Å²) in [7, 11) is 0. The van der Waals surface area contributed by atoms with E-state index in [0.717, 1.165) is 28.6 Å². The summed E-state index contributed by atoms with van der Waals surface area (Å²) in [6.45, 7) is 3.89. The first-order valence-corrected chi connectivity index (χ1v) is 6.04. The number of nitrogens with zero attached hydrogens (tertiary/aromatic N) is 2. The van der Waals surface area contributed by atoms with Crippen LogP contribution in [-0.2, 0) is 0 Å². The molecule has 0 saturated heterocycles. The Morgan fingerprint density at radius 3 is 2.94 bits per heavy atom. The van der Waals surface area contributed by atoms with Crippen molar-refractivity contribution in [2.75, 3.05) is 0 Å². The minimum Gasteiger partial charge on any atom is -0.459 e. The minimum atomic E-state index is -0.110. The molecule has 0 radical (unpaired) electrons.